The van der Waals surface area contributed by atoms with Crippen LogP contribution < -0.4 is 21.7 Å². The minimum absolute atomic E-state index is 0. The highest BCUT2D eigenvalue weighted by molar-refractivity contribution is 5.97. The summed E-state index contributed by atoms with van der Waals surface area (Å²) in [4.78, 5) is 47.1. The molecule has 0 aliphatic heterocycles. The second-order valence-corrected chi connectivity index (χ2v) is 6.04. The molecule has 0 unspecified atom stereocenters. The third kappa shape index (κ3) is 9.89. The van der Waals surface area contributed by atoms with Crippen molar-refractivity contribution in [3.63, 3.8) is 0 Å². The van der Waals surface area contributed by atoms with Crippen molar-refractivity contribution < 1.29 is 24.3 Å². The molecule has 0 heterocycles. The van der Waals surface area contributed by atoms with Gasteiger partial charge in [-0.25, -0.2) is 0 Å². The van der Waals surface area contributed by atoms with E-state index in [0.29, 0.717) is 12.1 Å². The van der Waals surface area contributed by atoms with Gasteiger partial charge in [0, 0.05) is 5.69 Å². The number of nitrogens with one attached hydrogen (secondary N) is 3. The first-order valence-electron chi connectivity index (χ1n) is 8.73. The number of carboxylic acid groups (broad SMARTS) is 1. The predicted octanol–water partition coefficient (Wildman–Crippen LogP) is 0.640. The van der Waals surface area contributed by atoms with E-state index in [1.807, 2.05) is 6.92 Å². The highest BCUT2D eigenvalue weighted by atomic mass is 35.5. The number of halogens is 1. The summed E-state index contributed by atoms with van der Waals surface area (Å²) in [5, 5.41) is 16.2. The van der Waals surface area contributed by atoms with Gasteiger partial charge in [0.1, 0.15) is 6.04 Å². The lowest BCUT2D eigenvalue weighted by atomic mass is 10.1. The van der Waals surface area contributed by atoms with Crippen molar-refractivity contribution >= 4 is 41.8 Å². The van der Waals surface area contributed by atoms with Gasteiger partial charge in [-0.1, -0.05) is 38.0 Å². The van der Waals surface area contributed by atoms with Gasteiger partial charge < -0.3 is 26.8 Å². The summed E-state index contributed by atoms with van der Waals surface area (Å²) in [5.41, 5.74) is 6.30. The van der Waals surface area contributed by atoms with Crippen LogP contribution in [0.1, 0.15) is 32.6 Å². The number of benzene rings is 1. The third-order valence-electron chi connectivity index (χ3n) is 3.70. The van der Waals surface area contributed by atoms with Gasteiger partial charge in [-0.05, 0) is 18.6 Å². The molecule has 0 aromatic heterocycles. The molecule has 0 saturated carbocycles. The minimum Gasteiger partial charge on any atom is -0.481 e. The molecule has 9 nitrogen and oxygen atoms in total. The van der Waals surface area contributed by atoms with Crippen molar-refractivity contribution in [2.24, 2.45) is 5.73 Å². The lowest BCUT2D eigenvalue weighted by Crippen LogP contribution is -2.53. The molecule has 1 aromatic rings. The van der Waals surface area contributed by atoms with E-state index in [1.165, 1.54) is 0 Å². The van der Waals surface area contributed by atoms with E-state index in [9.17, 15) is 19.2 Å². The number of amides is 3. The Hall–Kier alpha value is -2.65. The van der Waals surface area contributed by atoms with Crippen LogP contribution >= 0.6 is 12.4 Å². The van der Waals surface area contributed by atoms with Gasteiger partial charge in [0.05, 0.1) is 19.0 Å². The number of hydrogen-bond donors (Lipinski definition) is 5. The number of anilines is 1. The van der Waals surface area contributed by atoms with E-state index in [0.717, 1.165) is 12.8 Å². The molecule has 0 aliphatic rings. The summed E-state index contributed by atoms with van der Waals surface area (Å²) in [6, 6.07) is 6.52. The van der Waals surface area contributed by atoms with Crippen LogP contribution in [0.3, 0.4) is 0 Å². The van der Waals surface area contributed by atoms with Gasteiger partial charge in [0.25, 0.3) is 0 Å². The maximum atomic E-state index is 12.2. The molecular formula is C18H27ClN4O5. The molecule has 156 valence electrons. The molecule has 0 fully saturated rings. The first-order valence-corrected chi connectivity index (χ1v) is 8.73. The van der Waals surface area contributed by atoms with Crippen molar-refractivity contribution in [2.75, 3.05) is 11.9 Å². The van der Waals surface area contributed by atoms with Gasteiger partial charge in [0.2, 0.25) is 17.7 Å². The fourth-order valence-electron chi connectivity index (χ4n) is 2.24. The molecule has 2 atom stereocenters. The average molecular weight is 415 g/mol. The summed E-state index contributed by atoms with van der Waals surface area (Å²) in [6.07, 6.45) is 1.42. The van der Waals surface area contributed by atoms with Crippen LogP contribution in [0.5, 0.6) is 0 Å². The highest BCUT2D eigenvalue weighted by Gasteiger charge is 2.26. The molecule has 3 amide bonds. The van der Waals surface area contributed by atoms with Gasteiger partial charge in [0.15, 0.2) is 0 Å². The van der Waals surface area contributed by atoms with Crippen LogP contribution in [-0.2, 0) is 19.2 Å². The molecule has 0 bridgehead atoms. The monoisotopic (exact) mass is 414 g/mol. The SMILES string of the molecule is CCCC[C@H](N)C(=O)N[C@@H](CC(=O)O)C(=O)NCC(=O)Nc1ccccc1.Cl. The lowest BCUT2D eigenvalue weighted by Gasteiger charge is -2.19. The number of aliphatic carboxylic acids is 1. The molecule has 28 heavy (non-hydrogen) atoms. The zero-order chi connectivity index (χ0) is 20.2. The van der Waals surface area contributed by atoms with E-state index in [2.05, 4.69) is 16.0 Å². The van der Waals surface area contributed by atoms with Crippen LogP contribution in [0, 0.1) is 0 Å². The van der Waals surface area contributed by atoms with E-state index >= 15 is 0 Å². The third-order valence-corrected chi connectivity index (χ3v) is 3.70. The number of hydrogen-bond acceptors (Lipinski definition) is 5. The Balaban J connectivity index is 0.00000729. The van der Waals surface area contributed by atoms with Gasteiger partial charge in [-0.2, -0.15) is 0 Å². The molecule has 0 radical (unpaired) electrons. The minimum atomic E-state index is -1.31. The zero-order valence-corrected chi connectivity index (χ0v) is 16.5. The van der Waals surface area contributed by atoms with Crippen molar-refractivity contribution in [2.45, 2.75) is 44.7 Å². The van der Waals surface area contributed by atoms with Crippen molar-refractivity contribution in [3.8, 4) is 0 Å². The number of nitrogens with two attached hydrogens (primary N) is 1. The van der Waals surface area contributed by atoms with E-state index in [1.54, 1.807) is 30.3 Å². The smallest absolute Gasteiger partial charge is 0.305 e. The van der Waals surface area contributed by atoms with Gasteiger partial charge >= 0.3 is 5.97 Å². The van der Waals surface area contributed by atoms with Crippen molar-refractivity contribution in [3.05, 3.63) is 30.3 Å². The molecule has 0 aliphatic carbocycles. The molecule has 10 heteroatoms. The molecule has 6 N–H and O–H groups in total. The summed E-state index contributed by atoms with van der Waals surface area (Å²) >= 11 is 0. The van der Waals surface area contributed by atoms with E-state index in [4.69, 9.17) is 10.8 Å². The topological polar surface area (TPSA) is 151 Å². The zero-order valence-electron chi connectivity index (χ0n) is 15.6. The Morgan fingerprint density at radius 2 is 1.75 bits per heavy atom. The van der Waals surface area contributed by atoms with Crippen LogP contribution in [-0.4, -0.2) is 47.4 Å². The first-order chi connectivity index (χ1) is 12.8. The van der Waals surface area contributed by atoms with Crippen LogP contribution in [0.15, 0.2) is 30.3 Å². The second-order valence-electron chi connectivity index (χ2n) is 6.04. The van der Waals surface area contributed by atoms with E-state index < -0.39 is 42.2 Å². The fourth-order valence-corrected chi connectivity index (χ4v) is 2.24. The fraction of sp³-hybridized carbons (Fsp3) is 0.444. The Bertz CT molecular complexity index is 657. The summed E-state index contributed by atoms with van der Waals surface area (Å²) in [6.45, 7) is 1.59. The molecule has 1 rings (SSSR count). The summed E-state index contributed by atoms with van der Waals surface area (Å²) < 4.78 is 0. The molecular weight excluding hydrogens is 388 g/mol. The summed E-state index contributed by atoms with van der Waals surface area (Å²) in [7, 11) is 0. The standard InChI is InChI=1S/C18H26N4O5.ClH/c1-2-3-9-13(19)17(26)22-14(10-16(24)25)18(27)20-11-15(23)21-12-7-5-4-6-8-12;/h4-8,13-14H,2-3,9-11,19H2,1H3,(H,20,27)(H,21,23)(H,22,26)(H,24,25);1H/t13-,14-;/m0./s1. The van der Waals surface area contributed by atoms with Gasteiger partial charge in [-0.3, -0.25) is 19.2 Å². The van der Waals surface area contributed by atoms with Crippen molar-refractivity contribution in [1.29, 1.82) is 0 Å². The highest BCUT2D eigenvalue weighted by Crippen LogP contribution is 2.04. The average Bonchev–Trinajstić information content (AvgIpc) is 2.63. The largest absolute Gasteiger partial charge is 0.481 e. The number of unbranched alkanes of at least 4 members (excludes halogenated alkanes) is 1. The van der Waals surface area contributed by atoms with Gasteiger partial charge in [-0.15, -0.1) is 12.4 Å². The van der Waals surface area contributed by atoms with Crippen molar-refractivity contribution in [1.82, 2.24) is 10.6 Å². The van der Waals surface area contributed by atoms with E-state index in [-0.39, 0.29) is 19.0 Å². The predicted molar refractivity (Wildman–Crippen MR) is 107 cm³/mol. The maximum Gasteiger partial charge on any atom is 0.305 e. The number of para-hydroxylation sites is 1. The van der Waals surface area contributed by atoms with Crippen LogP contribution in [0.25, 0.3) is 0 Å². The Labute approximate surface area is 169 Å². The number of carbonyl (C=O) groups excluding carboxylic acids is 3. The Morgan fingerprint density at radius 1 is 1.11 bits per heavy atom. The molecule has 0 saturated heterocycles. The second kappa shape index (κ2) is 13.5. The quantitative estimate of drug-likeness (QED) is 0.358. The first kappa shape index (κ1) is 25.4. The van der Waals surface area contributed by atoms with Crippen LogP contribution in [0.4, 0.5) is 5.69 Å². The number of carboxylic acids is 1. The summed E-state index contributed by atoms with van der Waals surface area (Å²) in [5.74, 6) is -3.10. The Morgan fingerprint density at radius 3 is 2.32 bits per heavy atom. The number of rotatable bonds is 11. The maximum absolute atomic E-state index is 12.2. The Kier molecular flexibility index (Phi) is 12.2. The lowest BCUT2D eigenvalue weighted by molar-refractivity contribution is -0.140. The van der Waals surface area contributed by atoms with Crippen LogP contribution in [0.2, 0.25) is 0 Å². The number of carbonyl (C=O) groups is 4. The normalized spacial score (nSPS) is 12.1. The molecule has 1 aromatic carbocycles. The molecule has 0 spiro atoms.